The molecule has 1 N–H and O–H groups in total. The van der Waals surface area contributed by atoms with E-state index in [4.69, 9.17) is 9.84 Å². The van der Waals surface area contributed by atoms with Gasteiger partial charge in [-0.2, -0.15) is 6.42 Å². The average molecular weight is 445 g/mol. The molecule has 28 heavy (non-hydrogen) atoms. The molecule has 2 aromatic heterocycles. The molecule has 4 heterocycles. The second kappa shape index (κ2) is 10.9. The van der Waals surface area contributed by atoms with Gasteiger partial charge in [0.2, 0.25) is 0 Å². The molecule has 0 bridgehead atoms. The van der Waals surface area contributed by atoms with Crippen molar-refractivity contribution >= 4 is 11.3 Å². The second-order valence-corrected chi connectivity index (χ2v) is 8.49. The third kappa shape index (κ3) is 5.23. The molecule has 0 saturated carbocycles. The van der Waals surface area contributed by atoms with Gasteiger partial charge in [0.15, 0.2) is 0 Å². The number of piperidine rings is 1. The van der Waals surface area contributed by atoms with Gasteiger partial charge in [0.25, 0.3) is 0 Å². The fourth-order valence-electron chi connectivity index (χ4n) is 3.99. The van der Waals surface area contributed by atoms with Crippen molar-refractivity contribution in [1.82, 2.24) is 20.3 Å². The van der Waals surface area contributed by atoms with Crippen LogP contribution in [0.1, 0.15) is 54.1 Å². The predicted octanol–water partition coefficient (Wildman–Crippen LogP) is 2.71. The van der Waals surface area contributed by atoms with E-state index in [1.54, 1.807) is 11.1 Å². The maximum Gasteiger partial charge on any atom is 2.00 e. The number of fused-ring (bicyclic) bond motifs is 2. The predicted molar refractivity (Wildman–Crippen MR) is 107 cm³/mol. The molecule has 1 fully saturated rings. The molecule has 8 heteroatoms. The zero-order valence-electron chi connectivity index (χ0n) is 16.7. The molecule has 1 spiro atoms. The van der Waals surface area contributed by atoms with E-state index in [9.17, 15) is 0 Å². The van der Waals surface area contributed by atoms with E-state index in [1.165, 1.54) is 10.4 Å². The first-order chi connectivity index (χ1) is 13.1. The smallest absolute Gasteiger partial charge is 0.399 e. The minimum Gasteiger partial charge on any atom is -0.399 e. The van der Waals surface area contributed by atoms with E-state index in [2.05, 4.69) is 47.1 Å². The van der Waals surface area contributed by atoms with E-state index in [1.807, 2.05) is 11.3 Å². The van der Waals surface area contributed by atoms with Crippen LogP contribution < -0.4 is 5.10 Å². The first kappa shape index (κ1) is 23.5. The molecule has 1 radical (unpaired) electrons. The number of likely N-dealkylation sites (tertiary alicyclic amines) is 1. The number of rotatable bonds is 4. The van der Waals surface area contributed by atoms with Crippen LogP contribution >= 0.6 is 11.3 Å². The van der Waals surface area contributed by atoms with Gasteiger partial charge in [-0.1, -0.05) is 13.1 Å². The number of aliphatic hydroxyl groups is 1. The second-order valence-electron chi connectivity index (χ2n) is 7.27. The fraction of sp³-hybridized carbons (Fsp3) is 0.650. The molecule has 0 amide bonds. The van der Waals surface area contributed by atoms with Crippen molar-refractivity contribution in [1.29, 1.82) is 0 Å². The summed E-state index contributed by atoms with van der Waals surface area (Å²) in [5, 5.41) is 19.4. The summed E-state index contributed by atoms with van der Waals surface area (Å²) in [6.45, 7) is 10.8. The van der Waals surface area contributed by atoms with E-state index >= 15 is 0 Å². The summed E-state index contributed by atoms with van der Waals surface area (Å²) in [7, 11) is 0. The molecular formula is C20H30MnN4O2S. The summed E-state index contributed by atoms with van der Waals surface area (Å²) in [5.74, 6) is 0. The molecule has 6 nitrogen and oxygen atoms in total. The standard InChI is InChI=1S/C17H23N4OS.C3H7O.Mn/c1-3-14-8-15-16(23-14)4-7-22-17(15)5-6-21(12(2)9-17)11-13-10-18-20-19-13;1-2-3-4;/h8,10,12H,3-7,9,11H2,1-2H3;4H,1-3H2;/q2*-1;+2/t12-,17+;;/m0../s1. The Labute approximate surface area is 182 Å². The van der Waals surface area contributed by atoms with Crippen molar-refractivity contribution in [3.8, 4) is 0 Å². The van der Waals surface area contributed by atoms with Crippen molar-refractivity contribution in [2.24, 2.45) is 0 Å². The summed E-state index contributed by atoms with van der Waals surface area (Å²) in [4.78, 5) is 5.52. The number of thiophene rings is 1. The molecular weight excluding hydrogens is 415 g/mol. The van der Waals surface area contributed by atoms with Crippen molar-refractivity contribution in [2.75, 3.05) is 19.8 Å². The van der Waals surface area contributed by atoms with Gasteiger partial charge in [0.05, 0.1) is 12.2 Å². The molecule has 2 aromatic rings. The van der Waals surface area contributed by atoms with Gasteiger partial charge < -0.3 is 27.0 Å². The van der Waals surface area contributed by atoms with Gasteiger partial charge in [-0.25, -0.2) is 0 Å². The van der Waals surface area contributed by atoms with Gasteiger partial charge in [0.1, 0.15) is 0 Å². The van der Waals surface area contributed by atoms with Gasteiger partial charge in [0, 0.05) is 41.9 Å². The van der Waals surface area contributed by atoms with Crippen LogP contribution in [0.15, 0.2) is 12.3 Å². The first-order valence-corrected chi connectivity index (χ1v) is 10.6. The molecule has 2 aliphatic rings. The quantitative estimate of drug-likeness (QED) is 0.576. The summed E-state index contributed by atoms with van der Waals surface area (Å²) >= 11 is 1.99. The molecule has 0 aliphatic carbocycles. The summed E-state index contributed by atoms with van der Waals surface area (Å²) in [6, 6.07) is 2.88. The van der Waals surface area contributed by atoms with E-state index in [0.29, 0.717) is 12.5 Å². The van der Waals surface area contributed by atoms with E-state index < -0.39 is 0 Å². The Morgan fingerprint density at radius 3 is 2.89 bits per heavy atom. The molecule has 2 atom stereocenters. The van der Waals surface area contributed by atoms with Crippen LogP contribution in [0.2, 0.25) is 0 Å². The number of aliphatic hydroxyl groups excluding tert-OH is 1. The summed E-state index contributed by atoms with van der Waals surface area (Å²) in [5.41, 5.74) is 2.37. The van der Waals surface area contributed by atoms with Crippen LogP contribution in [0.3, 0.4) is 0 Å². The fourth-order valence-corrected chi connectivity index (χ4v) is 5.17. The van der Waals surface area contributed by atoms with Gasteiger partial charge in [-0.05, 0) is 43.5 Å². The molecule has 0 unspecified atom stereocenters. The molecule has 4 rings (SSSR count). The number of aromatic nitrogens is 3. The zero-order chi connectivity index (χ0) is 19.3. The summed E-state index contributed by atoms with van der Waals surface area (Å²) in [6.07, 6.45) is 6.71. The Morgan fingerprint density at radius 2 is 2.29 bits per heavy atom. The third-order valence-corrected chi connectivity index (χ3v) is 6.75. The first-order valence-electron chi connectivity index (χ1n) is 9.82. The Morgan fingerprint density at radius 1 is 1.50 bits per heavy atom. The molecule has 2 aliphatic heterocycles. The largest absolute Gasteiger partial charge is 2.00 e. The summed E-state index contributed by atoms with van der Waals surface area (Å²) < 4.78 is 6.38. The Hall–Kier alpha value is -0.761. The van der Waals surface area contributed by atoms with Gasteiger partial charge in [-0.15, -0.1) is 11.3 Å². The SMILES string of the molecule is CCc1cc2c(s1)CCO[C@@]21CCN(Cc2c[n-]nn2)[C@@H](C)C1.[CH2-]CCO.[Mn+2]. The average Bonchev–Trinajstić information content (AvgIpc) is 3.34. The number of hydrogen-bond donors (Lipinski definition) is 1. The number of ether oxygens (including phenoxy) is 1. The molecule has 0 aromatic carbocycles. The van der Waals surface area contributed by atoms with Crippen LogP contribution in [0.4, 0.5) is 0 Å². The Balaban J connectivity index is 0.000000515. The Bertz CT molecular complexity index is 707. The minimum absolute atomic E-state index is 0. The van der Waals surface area contributed by atoms with Gasteiger partial charge in [-0.3, -0.25) is 10.1 Å². The van der Waals surface area contributed by atoms with Crippen molar-refractivity contribution < 1.29 is 26.9 Å². The number of nitrogens with zero attached hydrogens (tertiary/aromatic N) is 4. The van der Waals surface area contributed by atoms with Crippen LogP contribution in [-0.2, 0) is 46.8 Å². The third-order valence-electron chi connectivity index (χ3n) is 5.41. The van der Waals surface area contributed by atoms with E-state index in [-0.39, 0.29) is 29.3 Å². The van der Waals surface area contributed by atoms with Crippen molar-refractivity contribution in [3.63, 3.8) is 0 Å². The van der Waals surface area contributed by atoms with Crippen LogP contribution in [0.25, 0.3) is 0 Å². The minimum atomic E-state index is -0.0661. The van der Waals surface area contributed by atoms with Crippen LogP contribution in [0, 0.1) is 6.92 Å². The van der Waals surface area contributed by atoms with E-state index in [0.717, 1.165) is 51.1 Å². The van der Waals surface area contributed by atoms with Crippen LogP contribution in [0.5, 0.6) is 0 Å². The Kier molecular flexibility index (Phi) is 9.12. The number of aryl methyl sites for hydroxylation is 1. The molecule has 1 saturated heterocycles. The maximum absolute atomic E-state index is 7.81. The normalized spacial score (nSPS) is 24.2. The number of hydrogen-bond acceptors (Lipinski definition) is 6. The van der Waals surface area contributed by atoms with Crippen LogP contribution in [-0.4, -0.2) is 46.1 Å². The van der Waals surface area contributed by atoms with Gasteiger partial charge >= 0.3 is 17.1 Å². The molecule has 155 valence electrons. The monoisotopic (exact) mass is 445 g/mol. The topological polar surface area (TPSA) is 72.6 Å². The maximum atomic E-state index is 7.81. The zero-order valence-corrected chi connectivity index (χ0v) is 18.7. The van der Waals surface area contributed by atoms with Crippen molar-refractivity contribution in [3.05, 3.63) is 40.2 Å². The van der Waals surface area contributed by atoms with Crippen molar-refractivity contribution in [2.45, 2.75) is 64.1 Å².